The number of benzene rings is 1. The molecular weight excluding hydrogens is 441 g/mol. The minimum absolute atomic E-state index is 0.125. The molecule has 2 aromatic rings. The number of aromatic nitrogens is 2. The second-order valence-corrected chi connectivity index (χ2v) is 7.81. The van der Waals surface area contributed by atoms with Crippen LogP contribution < -0.4 is 5.32 Å². The first-order valence-electron chi connectivity index (χ1n) is 8.08. The predicted octanol–water partition coefficient (Wildman–Crippen LogP) is 4.62. The van der Waals surface area contributed by atoms with Gasteiger partial charge in [-0.1, -0.05) is 42.4 Å². The molecule has 0 aliphatic heterocycles. The van der Waals surface area contributed by atoms with E-state index in [4.69, 9.17) is 16.1 Å². The third kappa shape index (κ3) is 3.74. The van der Waals surface area contributed by atoms with Crippen LogP contribution in [0.1, 0.15) is 60.6 Å². The van der Waals surface area contributed by atoms with Gasteiger partial charge in [0.25, 0.3) is 5.91 Å². The second kappa shape index (κ2) is 7.39. The van der Waals surface area contributed by atoms with E-state index in [0.29, 0.717) is 22.3 Å². The van der Waals surface area contributed by atoms with Crippen LogP contribution in [0.5, 0.6) is 0 Å². The fourth-order valence-electron chi connectivity index (χ4n) is 3.19. The Balaban J connectivity index is 1.92. The Labute approximate surface area is 159 Å². The van der Waals surface area contributed by atoms with E-state index in [1.54, 1.807) is 25.1 Å². The molecule has 7 heteroatoms. The number of hydrogen-bond acceptors (Lipinski definition) is 4. The van der Waals surface area contributed by atoms with Gasteiger partial charge in [-0.3, -0.25) is 4.79 Å². The van der Waals surface area contributed by atoms with Crippen LogP contribution in [-0.2, 0) is 5.54 Å². The van der Waals surface area contributed by atoms with Crippen molar-refractivity contribution >= 4 is 40.1 Å². The Morgan fingerprint density at radius 2 is 2.00 bits per heavy atom. The van der Waals surface area contributed by atoms with Crippen LogP contribution in [0.3, 0.4) is 0 Å². The third-order valence-electron chi connectivity index (χ3n) is 4.44. The summed E-state index contributed by atoms with van der Waals surface area (Å²) in [6.45, 7) is 1.77. The highest BCUT2D eigenvalue weighted by atomic mass is 127. The zero-order valence-corrected chi connectivity index (χ0v) is 16.4. The first-order chi connectivity index (χ1) is 11.5. The van der Waals surface area contributed by atoms with Gasteiger partial charge in [0.15, 0.2) is 5.82 Å². The molecule has 1 heterocycles. The predicted molar refractivity (Wildman–Crippen MR) is 100 cm³/mol. The molecule has 1 aliphatic rings. The molecule has 1 amide bonds. The van der Waals surface area contributed by atoms with E-state index >= 15 is 0 Å². The Morgan fingerprint density at radius 3 is 2.58 bits per heavy atom. The molecule has 0 spiro atoms. The molecular formula is C17H19ClIN3O2. The van der Waals surface area contributed by atoms with Gasteiger partial charge >= 0.3 is 0 Å². The molecule has 1 aromatic heterocycles. The largest absolute Gasteiger partial charge is 0.340 e. The van der Waals surface area contributed by atoms with Crippen molar-refractivity contribution in [2.45, 2.75) is 51.0 Å². The number of halogens is 2. The average molecular weight is 460 g/mol. The Morgan fingerprint density at radius 1 is 1.29 bits per heavy atom. The average Bonchev–Trinajstić information content (AvgIpc) is 2.83. The SMILES string of the molecule is Cc1nc(C2(NC(=O)c3ccc(Cl)cc3I)CCCCCC2)no1. The van der Waals surface area contributed by atoms with Crippen molar-refractivity contribution in [1.29, 1.82) is 0 Å². The van der Waals surface area contributed by atoms with Gasteiger partial charge in [0.05, 0.1) is 5.56 Å². The molecule has 24 heavy (non-hydrogen) atoms. The zero-order valence-electron chi connectivity index (χ0n) is 13.4. The summed E-state index contributed by atoms with van der Waals surface area (Å²) in [5.41, 5.74) is 0.0532. The Hall–Kier alpha value is -1.15. The van der Waals surface area contributed by atoms with Crippen molar-refractivity contribution in [3.63, 3.8) is 0 Å². The molecule has 1 aromatic carbocycles. The van der Waals surface area contributed by atoms with Gasteiger partial charge in [0, 0.05) is 15.5 Å². The summed E-state index contributed by atoms with van der Waals surface area (Å²) in [6, 6.07) is 5.28. The quantitative estimate of drug-likeness (QED) is 0.537. The highest BCUT2D eigenvalue weighted by Crippen LogP contribution is 2.35. The molecule has 0 saturated heterocycles. The molecule has 1 N–H and O–H groups in total. The van der Waals surface area contributed by atoms with Gasteiger partial charge in [0.1, 0.15) is 5.54 Å². The molecule has 1 saturated carbocycles. The van der Waals surface area contributed by atoms with E-state index in [1.807, 2.05) is 0 Å². The lowest BCUT2D eigenvalue weighted by Crippen LogP contribution is -2.46. The minimum Gasteiger partial charge on any atom is -0.340 e. The van der Waals surface area contributed by atoms with Crippen LogP contribution in [0, 0.1) is 10.5 Å². The van der Waals surface area contributed by atoms with Crippen LogP contribution in [0.25, 0.3) is 0 Å². The smallest absolute Gasteiger partial charge is 0.253 e. The van der Waals surface area contributed by atoms with E-state index in [2.05, 4.69) is 38.0 Å². The molecule has 0 bridgehead atoms. The van der Waals surface area contributed by atoms with Gasteiger partial charge in [-0.2, -0.15) is 4.98 Å². The number of nitrogens with zero attached hydrogens (tertiary/aromatic N) is 2. The van der Waals surface area contributed by atoms with E-state index in [0.717, 1.165) is 42.1 Å². The number of amides is 1. The summed E-state index contributed by atoms with van der Waals surface area (Å²) in [6.07, 6.45) is 6.03. The summed E-state index contributed by atoms with van der Waals surface area (Å²) in [7, 11) is 0. The van der Waals surface area contributed by atoms with Crippen molar-refractivity contribution in [1.82, 2.24) is 15.5 Å². The molecule has 1 aliphatic carbocycles. The molecule has 3 rings (SSSR count). The highest BCUT2D eigenvalue weighted by molar-refractivity contribution is 14.1. The van der Waals surface area contributed by atoms with Crippen molar-refractivity contribution in [3.05, 3.63) is 44.1 Å². The maximum Gasteiger partial charge on any atom is 0.253 e. The lowest BCUT2D eigenvalue weighted by Gasteiger charge is -2.31. The number of aryl methyl sites for hydroxylation is 1. The first kappa shape index (κ1) is 17.7. The minimum atomic E-state index is -0.561. The van der Waals surface area contributed by atoms with Crippen LogP contribution in [0.15, 0.2) is 22.7 Å². The normalized spacial score (nSPS) is 17.3. The van der Waals surface area contributed by atoms with E-state index in [1.165, 1.54) is 0 Å². The van der Waals surface area contributed by atoms with E-state index in [-0.39, 0.29) is 5.91 Å². The lowest BCUT2D eigenvalue weighted by molar-refractivity contribution is 0.0875. The topological polar surface area (TPSA) is 68.0 Å². The number of carbonyl (C=O) groups is 1. The van der Waals surface area contributed by atoms with Gasteiger partial charge in [-0.15, -0.1) is 0 Å². The van der Waals surface area contributed by atoms with Gasteiger partial charge in [-0.05, 0) is 53.6 Å². The van der Waals surface area contributed by atoms with Crippen LogP contribution in [-0.4, -0.2) is 16.0 Å². The molecule has 0 atom stereocenters. The van der Waals surface area contributed by atoms with Crippen LogP contribution >= 0.6 is 34.2 Å². The van der Waals surface area contributed by atoms with Crippen LogP contribution in [0.2, 0.25) is 5.02 Å². The van der Waals surface area contributed by atoms with E-state index in [9.17, 15) is 4.79 Å². The second-order valence-electron chi connectivity index (χ2n) is 6.21. The number of rotatable bonds is 3. The maximum atomic E-state index is 12.9. The van der Waals surface area contributed by atoms with Gasteiger partial charge < -0.3 is 9.84 Å². The monoisotopic (exact) mass is 459 g/mol. The Kier molecular flexibility index (Phi) is 5.44. The van der Waals surface area contributed by atoms with Gasteiger partial charge in [0.2, 0.25) is 5.89 Å². The first-order valence-corrected chi connectivity index (χ1v) is 9.54. The highest BCUT2D eigenvalue weighted by Gasteiger charge is 2.39. The van der Waals surface area contributed by atoms with E-state index < -0.39 is 5.54 Å². The summed E-state index contributed by atoms with van der Waals surface area (Å²) in [5.74, 6) is 0.976. The van der Waals surface area contributed by atoms with Crippen molar-refractivity contribution in [2.75, 3.05) is 0 Å². The van der Waals surface area contributed by atoms with Crippen molar-refractivity contribution < 1.29 is 9.32 Å². The zero-order chi connectivity index (χ0) is 17.2. The Bertz CT molecular complexity index is 739. The third-order valence-corrected chi connectivity index (χ3v) is 5.57. The summed E-state index contributed by atoms with van der Waals surface area (Å²) in [4.78, 5) is 17.3. The molecule has 1 fully saturated rings. The number of nitrogens with one attached hydrogen (secondary N) is 1. The number of hydrogen-bond donors (Lipinski definition) is 1. The molecule has 0 radical (unpaired) electrons. The van der Waals surface area contributed by atoms with Gasteiger partial charge in [-0.25, -0.2) is 0 Å². The fraction of sp³-hybridized carbons (Fsp3) is 0.471. The van der Waals surface area contributed by atoms with Crippen molar-refractivity contribution in [3.8, 4) is 0 Å². The standard InChI is InChI=1S/C17H19ClIN3O2/c1-11-20-16(22-24-11)17(8-4-2-3-5-9-17)21-15(23)13-7-6-12(18)10-14(13)19/h6-7,10H,2-5,8-9H2,1H3,(H,21,23). The summed E-state index contributed by atoms with van der Waals surface area (Å²) >= 11 is 8.12. The molecule has 0 unspecified atom stereocenters. The number of carbonyl (C=O) groups excluding carboxylic acids is 1. The fourth-order valence-corrected chi connectivity index (χ4v) is 4.30. The molecule has 5 nitrogen and oxygen atoms in total. The summed E-state index contributed by atoms with van der Waals surface area (Å²) in [5, 5.41) is 7.94. The van der Waals surface area contributed by atoms with Crippen LogP contribution in [0.4, 0.5) is 0 Å². The molecule has 128 valence electrons. The van der Waals surface area contributed by atoms with Crippen molar-refractivity contribution in [2.24, 2.45) is 0 Å². The lowest BCUT2D eigenvalue weighted by atomic mass is 9.88. The summed E-state index contributed by atoms with van der Waals surface area (Å²) < 4.78 is 6.00. The maximum absolute atomic E-state index is 12.9.